The summed E-state index contributed by atoms with van der Waals surface area (Å²) >= 11 is 0. The zero-order valence-corrected chi connectivity index (χ0v) is 22.9. The van der Waals surface area contributed by atoms with Crippen LogP contribution in [0.5, 0.6) is 5.75 Å². The van der Waals surface area contributed by atoms with E-state index >= 15 is 4.39 Å². The molecule has 1 aliphatic carbocycles. The Morgan fingerprint density at radius 2 is 1.81 bits per heavy atom. The van der Waals surface area contributed by atoms with Gasteiger partial charge in [0.1, 0.15) is 5.75 Å². The number of hydrogen-bond donors (Lipinski definition) is 1. The zero-order chi connectivity index (χ0) is 26.4. The standard InChI is InChI=1S/C30H38FN5O/c1-20-16-21-8-7-13-29(2,3)26(21)25(17-20)33-27-24(31)18-32-28(34-27)35-14-15-36(30(4,5)19-35)22-9-11-23(37-6)12-10-22/h9-12,16-18H,7-8,13-15,19H2,1-6H3,(H,32,33,34). The van der Waals surface area contributed by atoms with Gasteiger partial charge in [0.05, 0.1) is 18.8 Å². The number of nitrogens with zero attached hydrogens (tertiary/aromatic N) is 4. The molecule has 1 saturated heterocycles. The molecular formula is C30H38FN5O. The van der Waals surface area contributed by atoms with Crippen molar-refractivity contribution in [3.63, 3.8) is 0 Å². The Balaban J connectivity index is 1.40. The van der Waals surface area contributed by atoms with Crippen molar-refractivity contribution in [1.82, 2.24) is 9.97 Å². The van der Waals surface area contributed by atoms with Gasteiger partial charge in [-0.3, -0.25) is 0 Å². The molecule has 0 spiro atoms. The van der Waals surface area contributed by atoms with Crippen molar-refractivity contribution in [2.75, 3.05) is 41.9 Å². The molecule has 2 aliphatic rings. The van der Waals surface area contributed by atoms with Crippen molar-refractivity contribution in [3.05, 3.63) is 65.1 Å². The van der Waals surface area contributed by atoms with E-state index in [0.29, 0.717) is 5.95 Å². The number of anilines is 4. The van der Waals surface area contributed by atoms with Gasteiger partial charge >= 0.3 is 0 Å². The summed E-state index contributed by atoms with van der Waals surface area (Å²) < 4.78 is 20.3. The molecule has 2 aromatic carbocycles. The van der Waals surface area contributed by atoms with Crippen LogP contribution < -0.4 is 19.9 Å². The van der Waals surface area contributed by atoms with Gasteiger partial charge < -0.3 is 19.9 Å². The van der Waals surface area contributed by atoms with Gasteiger partial charge in [-0.05, 0) is 92.5 Å². The van der Waals surface area contributed by atoms with Crippen molar-refractivity contribution in [1.29, 1.82) is 0 Å². The average molecular weight is 504 g/mol. The second-order valence-corrected chi connectivity index (χ2v) is 11.7. The molecule has 0 radical (unpaired) electrons. The van der Waals surface area contributed by atoms with Crippen LogP contribution in [0, 0.1) is 12.7 Å². The number of ether oxygens (including phenoxy) is 1. The van der Waals surface area contributed by atoms with E-state index in [1.165, 1.54) is 29.3 Å². The Labute approximate surface area is 219 Å². The fourth-order valence-corrected chi connectivity index (χ4v) is 6.09. The number of hydrogen-bond acceptors (Lipinski definition) is 6. The Hall–Kier alpha value is -3.35. The molecule has 0 saturated carbocycles. The van der Waals surface area contributed by atoms with Crippen molar-refractivity contribution in [2.24, 2.45) is 0 Å². The monoisotopic (exact) mass is 503 g/mol. The molecule has 196 valence electrons. The Morgan fingerprint density at radius 1 is 1.05 bits per heavy atom. The number of aromatic nitrogens is 2. The first-order chi connectivity index (χ1) is 17.6. The minimum Gasteiger partial charge on any atom is -0.497 e. The van der Waals surface area contributed by atoms with Crippen LogP contribution in [-0.2, 0) is 11.8 Å². The maximum absolute atomic E-state index is 15.0. The van der Waals surface area contributed by atoms with Crippen molar-refractivity contribution in [2.45, 2.75) is 64.8 Å². The van der Waals surface area contributed by atoms with Crippen LogP contribution in [0.2, 0.25) is 0 Å². The molecule has 1 fully saturated rings. The molecule has 0 unspecified atom stereocenters. The lowest BCUT2D eigenvalue weighted by atomic mass is 9.71. The molecule has 0 atom stereocenters. The SMILES string of the molecule is COc1ccc(N2CCN(c3ncc(F)c(Nc4cc(C)cc5c4C(C)(C)CCC5)n3)CC2(C)C)cc1. The minimum absolute atomic E-state index is 0.0256. The summed E-state index contributed by atoms with van der Waals surface area (Å²) in [6.07, 6.45) is 4.64. The molecule has 5 rings (SSSR count). The number of halogens is 1. The number of piperazine rings is 1. The predicted molar refractivity (Wildman–Crippen MR) is 149 cm³/mol. The largest absolute Gasteiger partial charge is 0.497 e. The fraction of sp³-hybridized carbons (Fsp3) is 0.467. The van der Waals surface area contributed by atoms with Gasteiger partial charge in [-0.25, -0.2) is 9.37 Å². The Bertz CT molecular complexity index is 1290. The smallest absolute Gasteiger partial charge is 0.227 e. The summed E-state index contributed by atoms with van der Waals surface area (Å²) in [4.78, 5) is 13.6. The Morgan fingerprint density at radius 3 is 2.51 bits per heavy atom. The van der Waals surface area contributed by atoms with Gasteiger partial charge in [0.25, 0.3) is 0 Å². The number of benzene rings is 2. The van der Waals surface area contributed by atoms with Gasteiger partial charge in [-0.15, -0.1) is 0 Å². The molecule has 37 heavy (non-hydrogen) atoms. The van der Waals surface area contributed by atoms with E-state index in [0.717, 1.165) is 49.6 Å². The lowest BCUT2D eigenvalue weighted by molar-refractivity contribution is 0.407. The number of nitrogens with one attached hydrogen (secondary N) is 1. The van der Waals surface area contributed by atoms with Gasteiger partial charge in [0, 0.05) is 31.0 Å². The normalized spacial score (nSPS) is 18.4. The molecule has 1 aliphatic heterocycles. The average Bonchev–Trinajstić information content (AvgIpc) is 2.84. The minimum atomic E-state index is -0.441. The number of methoxy groups -OCH3 is 1. The maximum Gasteiger partial charge on any atom is 0.227 e. The van der Waals surface area contributed by atoms with E-state index in [4.69, 9.17) is 9.72 Å². The molecular weight excluding hydrogens is 465 g/mol. The van der Waals surface area contributed by atoms with Gasteiger partial charge in [-0.1, -0.05) is 19.9 Å². The summed E-state index contributed by atoms with van der Waals surface area (Å²) in [7, 11) is 1.68. The molecule has 7 heteroatoms. The number of rotatable bonds is 5. The first kappa shape index (κ1) is 25.3. The predicted octanol–water partition coefficient (Wildman–Crippen LogP) is 6.40. The maximum atomic E-state index is 15.0. The van der Waals surface area contributed by atoms with Crippen LogP contribution in [0.15, 0.2) is 42.6 Å². The van der Waals surface area contributed by atoms with Gasteiger partial charge in [0.2, 0.25) is 5.95 Å². The highest BCUT2D eigenvalue weighted by Gasteiger charge is 2.35. The highest BCUT2D eigenvalue weighted by atomic mass is 19.1. The topological polar surface area (TPSA) is 53.5 Å². The molecule has 2 heterocycles. The Kier molecular flexibility index (Phi) is 6.50. The van der Waals surface area contributed by atoms with Crippen LogP contribution in [0.1, 0.15) is 57.2 Å². The quantitative estimate of drug-likeness (QED) is 0.435. The van der Waals surface area contributed by atoms with E-state index in [1.807, 2.05) is 12.1 Å². The first-order valence-electron chi connectivity index (χ1n) is 13.2. The van der Waals surface area contributed by atoms with Crippen LogP contribution >= 0.6 is 0 Å². The van der Waals surface area contributed by atoms with Crippen LogP contribution in [0.4, 0.5) is 27.5 Å². The number of fused-ring (bicyclic) bond motifs is 1. The van der Waals surface area contributed by atoms with E-state index in [2.05, 4.69) is 79.0 Å². The highest BCUT2D eigenvalue weighted by Crippen LogP contribution is 2.43. The third kappa shape index (κ3) is 4.96. The van der Waals surface area contributed by atoms with Crippen LogP contribution in [0.3, 0.4) is 0 Å². The van der Waals surface area contributed by atoms with Gasteiger partial charge in [-0.2, -0.15) is 4.98 Å². The summed E-state index contributed by atoms with van der Waals surface area (Å²) in [6.45, 7) is 13.3. The van der Waals surface area contributed by atoms with Crippen molar-refractivity contribution in [3.8, 4) is 5.75 Å². The van der Waals surface area contributed by atoms with Gasteiger partial charge in [0.15, 0.2) is 11.6 Å². The fourth-order valence-electron chi connectivity index (χ4n) is 6.09. The first-order valence-corrected chi connectivity index (χ1v) is 13.2. The molecule has 0 bridgehead atoms. The molecule has 0 amide bonds. The molecule has 3 aromatic rings. The molecule has 1 aromatic heterocycles. The zero-order valence-electron chi connectivity index (χ0n) is 22.9. The lowest BCUT2D eigenvalue weighted by Crippen LogP contribution is -2.60. The summed E-state index contributed by atoms with van der Waals surface area (Å²) in [6, 6.07) is 12.6. The summed E-state index contributed by atoms with van der Waals surface area (Å²) in [5.41, 5.74) is 5.76. The molecule has 1 N–H and O–H groups in total. The van der Waals surface area contributed by atoms with Crippen LogP contribution in [-0.4, -0.2) is 42.3 Å². The summed E-state index contributed by atoms with van der Waals surface area (Å²) in [5.74, 6) is 1.18. The summed E-state index contributed by atoms with van der Waals surface area (Å²) in [5, 5.41) is 3.37. The third-order valence-corrected chi connectivity index (χ3v) is 7.84. The van der Waals surface area contributed by atoms with Crippen molar-refractivity contribution >= 4 is 23.1 Å². The third-order valence-electron chi connectivity index (χ3n) is 7.84. The van der Waals surface area contributed by atoms with E-state index in [1.54, 1.807) is 7.11 Å². The van der Waals surface area contributed by atoms with E-state index in [-0.39, 0.29) is 16.8 Å². The van der Waals surface area contributed by atoms with Crippen LogP contribution in [0.25, 0.3) is 0 Å². The number of aryl methyl sites for hydroxylation is 2. The van der Waals surface area contributed by atoms with Crippen molar-refractivity contribution < 1.29 is 9.13 Å². The van der Waals surface area contributed by atoms with E-state index in [9.17, 15) is 0 Å². The second-order valence-electron chi connectivity index (χ2n) is 11.7. The second kappa shape index (κ2) is 9.51. The lowest BCUT2D eigenvalue weighted by Gasteiger charge is -2.48. The highest BCUT2D eigenvalue weighted by molar-refractivity contribution is 5.67. The van der Waals surface area contributed by atoms with E-state index < -0.39 is 5.82 Å². The molecule has 6 nitrogen and oxygen atoms in total.